The highest BCUT2D eigenvalue weighted by Gasteiger charge is 2.52. The maximum Gasteiger partial charge on any atom is 0.297 e. The summed E-state index contributed by atoms with van der Waals surface area (Å²) in [5.41, 5.74) is 26.9. The third-order valence-corrected chi connectivity index (χ3v) is 21.1. The molecule has 6 aliphatic carbocycles. The van der Waals surface area contributed by atoms with E-state index in [1.165, 1.54) is 160 Å². The molecule has 3 nitrogen and oxygen atoms in total. The summed E-state index contributed by atoms with van der Waals surface area (Å²) in [7, 11) is 0. The van der Waals surface area contributed by atoms with Gasteiger partial charge in [0, 0.05) is 33.8 Å². The van der Waals surface area contributed by atoms with Crippen LogP contribution in [-0.2, 0) is 43.3 Å². The molecule has 1 fully saturated rings. The maximum absolute atomic E-state index is 7.80. The fourth-order valence-corrected chi connectivity index (χ4v) is 15.9. The monoisotopic (exact) mass is 927 g/mol. The Balaban J connectivity index is 1.16. The van der Waals surface area contributed by atoms with Gasteiger partial charge in [-0.25, -0.2) is 0 Å². The summed E-state index contributed by atoms with van der Waals surface area (Å²) < 4.78 is 7.80. The lowest BCUT2D eigenvalue weighted by atomic mass is 9.35. The van der Waals surface area contributed by atoms with E-state index in [9.17, 15) is 0 Å². The van der Waals surface area contributed by atoms with Crippen molar-refractivity contribution in [1.29, 1.82) is 0 Å². The molecular formula is C66H79BN2O. The highest BCUT2D eigenvalue weighted by Crippen LogP contribution is 2.58. The van der Waals surface area contributed by atoms with Crippen molar-refractivity contribution in [3.05, 3.63) is 123 Å². The van der Waals surface area contributed by atoms with Crippen LogP contribution in [0, 0.1) is 6.92 Å². The van der Waals surface area contributed by atoms with Gasteiger partial charge in [0.15, 0.2) is 0 Å². The molecule has 362 valence electrons. The fourth-order valence-electron chi connectivity index (χ4n) is 15.9. The Hall–Kier alpha value is -4.70. The number of furan rings is 1. The van der Waals surface area contributed by atoms with E-state index in [1.807, 2.05) is 0 Å². The van der Waals surface area contributed by atoms with Gasteiger partial charge in [-0.05, 0) is 230 Å². The van der Waals surface area contributed by atoms with E-state index in [2.05, 4.69) is 186 Å². The van der Waals surface area contributed by atoms with Crippen LogP contribution in [0.2, 0.25) is 0 Å². The molecule has 6 aromatic rings. The van der Waals surface area contributed by atoms with Crippen LogP contribution in [0.4, 0.5) is 34.1 Å². The Morgan fingerprint density at radius 2 is 0.857 bits per heavy atom. The first-order valence-electron chi connectivity index (χ1n) is 27.6. The number of nitrogens with zero attached hydrogens (tertiary/aromatic N) is 2. The van der Waals surface area contributed by atoms with E-state index in [4.69, 9.17) is 4.42 Å². The highest BCUT2D eigenvalue weighted by atomic mass is 16.3. The topological polar surface area (TPSA) is 19.6 Å². The summed E-state index contributed by atoms with van der Waals surface area (Å²) in [5, 5.41) is 1.28. The van der Waals surface area contributed by atoms with Gasteiger partial charge in [-0.3, -0.25) is 0 Å². The van der Waals surface area contributed by atoms with Crippen LogP contribution in [0.5, 0.6) is 0 Å². The maximum atomic E-state index is 7.80. The van der Waals surface area contributed by atoms with Crippen molar-refractivity contribution in [2.75, 3.05) is 9.80 Å². The number of anilines is 6. The molecule has 5 aromatic carbocycles. The molecule has 0 spiro atoms. The van der Waals surface area contributed by atoms with E-state index in [1.54, 1.807) is 11.1 Å². The molecule has 8 aliphatic rings. The SMILES string of the molecule is Cc1cc2c3c(c1)N(c1ccc4c(c1)C(C)(C)CCC4(C)C)c1c(oc4cc5c(cc14)C1(C)CCCC5(C)CC1)B3c1cc3c(cc1N2c1ccc2c(c1)C(C)(C)CCC2(C)C)C(C)(C)CCC3(C)C. The first-order chi connectivity index (χ1) is 32.7. The smallest absolute Gasteiger partial charge is 0.297 e. The summed E-state index contributed by atoms with van der Waals surface area (Å²) in [6.45, 7) is 37.1. The lowest BCUT2D eigenvalue weighted by Crippen LogP contribution is -2.61. The molecule has 2 unspecified atom stereocenters. The lowest BCUT2D eigenvalue weighted by molar-refractivity contribution is 0.332. The van der Waals surface area contributed by atoms with Gasteiger partial charge < -0.3 is 14.2 Å². The van der Waals surface area contributed by atoms with Gasteiger partial charge in [-0.15, -0.1) is 0 Å². The number of hydrogen-bond donors (Lipinski definition) is 0. The van der Waals surface area contributed by atoms with Crippen molar-refractivity contribution < 1.29 is 4.42 Å². The van der Waals surface area contributed by atoms with E-state index >= 15 is 0 Å². The number of fused-ring (bicyclic) bond motifs is 12. The van der Waals surface area contributed by atoms with E-state index < -0.39 is 0 Å². The van der Waals surface area contributed by atoms with Crippen molar-refractivity contribution in [2.45, 2.75) is 218 Å². The molecule has 4 heteroatoms. The van der Waals surface area contributed by atoms with Crippen LogP contribution < -0.4 is 26.4 Å². The van der Waals surface area contributed by atoms with E-state index in [0.717, 1.165) is 11.2 Å². The third kappa shape index (κ3) is 6.06. The summed E-state index contributed by atoms with van der Waals surface area (Å²) in [6.07, 6.45) is 13.4. The zero-order chi connectivity index (χ0) is 49.2. The molecule has 0 amide bonds. The number of rotatable bonds is 2. The van der Waals surface area contributed by atoms with Gasteiger partial charge >= 0.3 is 0 Å². The summed E-state index contributed by atoms with van der Waals surface area (Å²) >= 11 is 0. The Labute approximate surface area is 421 Å². The summed E-state index contributed by atoms with van der Waals surface area (Å²) in [6, 6.07) is 30.7. The molecule has 0 radical (unpaired) electrons. The highest BCUT2D eigenvalue weighted by molar-refractivity contribution is 7.00. The number of hydrogen-bond acceptors (Lipinski definition) is 3. The van der Waals surface area contributed by atoms with Gasteiger partial charge in [0.1, 0.15) is 5.58 Å². The normalized spacial score (nSPS) is 26.3. The van der Waals surface area contributed by atoms with Gasteiger partial charge in [0.2, 0.25) is 0 Å². The second-order valence-electron chi connectivity index (χ2n) is 28.7. The van der Waals surface area contributed by atoms with Crippen molar-refractivity contribution in [3.8, 4) is 0 Å². The summed E-state index contributed by atoms with van der Waals surface area (Å²) in [4.78, 5) is 5.40. The Morgan fingerprint density at radius 1 is 0.414 bits per heavy atom. The van der Waals surface area contributed by atoms with Gasteiger partial charge in [0.25, 0.3) is 6.71 Å². The van der Waals surface area contributed by atoms with Crippen LogP contribution in [0.25, 0.3) is 11.0 Å². The van der Waals surface area contributed by atoms with Crippen molar-refractivity contribution in [2.24, 2.45) is 0 Å². The molecule has 0 N–H and O–H groups in total. The standard InChI is InChI=1S/C66H79BN2O/c1-39-31-53-56-54(32-39)69(41-18-20-44-46(34-41)62(8,9)26-24-60(44,4)5)57-42-35-49-50(66(15)22-16-21-65(49,14)29-30-66)38-55(42)70-58(57)67(56)51-36-47-48(64(12,13)28-27-63(47,10)11)37-52(51)68(53)40-17-19-43-45(33-40)61(6,7)25-23-59(43,2)3/h17-20,31-38H,16,21-30H2,1-15H3. The molecule has 2 aliphatic heterocycles. The largest absolute Gasteiger partial charge is 0.468 e. The average molecular weight is 927 g/mol. The van der Waals surface area contributed by atoms with Gasteiger partial charge in [-0.2, -0.15) is 0 Å². The van der Waals surface area contributed by atoms with E-state index in [0.29, 0.717) is 0 Å². The fraction of sp³-hybridized carbons (Fsp3) is 0.515. The van der Waals surface area contributed by atoms with Crippen LogP contribution >= 0.6 is 0 Å². The number of benzene rings is 5. The van der Waals surface area contributed by atoms with Crippen LogP contribution in [0.1, 0.15) is 218 Å². The Bertz CT molecular complexity index is 3280. The van der Waals surface area contributed by atoms with Crippen LogP contribution in [-0.4, -0.2) is 6.71 Å². The van der Waals surface area contributed by atoms with Gasteiger partial charge in [-0.1, -0.05) is 122 Å². The molecule has 70 heavy (non-hydrogen) atoms. The average Bonchev–Trinajstić information content (AvgIpc) is 3.53. The molecule has 14 rings (SSSR count). The predicted molar refractivity (Wildman–Crippen MR) is 299 cm³/mol. The number of aryl methyl sites for hydroxylation is 1. The first kappa shape index (κ1) is 45.2. The second kappa shape index (κ2) is 13.9. The van der Waals surface area contributed by atoms with Crippen molar-refractivity contribution >= 4 is 68.4 Å². The zero-order valence-electron chi connectivity index (χ0n) is 45.6. The minimum absolute atomic E-state index is 0.0470. The second-order valence-corrected chi connectivity index (χ2v) is 28.7. The summed E-state index contributed by atoms with van der Waals surface area (Å²) in [5.74, 6) is 0. The predicted octanol–water partition coefficient (Wildman–Crippen LogP) is 16.4. The Morgan fingerprint density at radius 3 is 1.39 bits per heavy atom. The van der Waals surface area contributed by atoms with Crippen LogP contribution in [0.15, 0.2) is 77.2 Å². The molecule has 1 saturated carbocycles. The molecule has 1 aromatic heterocycles. The zero-order valence-corrected chi connectivity index (χ0v) is 45.6. The van der Waals surface area contributed by atoms with Crippen LogP contribution in [0.3, 0.4) is 0 Å². The van der Waals surface area contributed by atoms with Gasteiger partial charge in [0.05, 0.1) is 11.3 Å². The molecule has 0 saturated heterocycles. The minimum atomic E-state index is -0.0784. The third-order valence-electron chi connectivity index (χ3n) is 21.1. The quantitative estimate of drug-likeness (QED) is 0.161. The van der Waals surface area contributed by atoms with Crippen molar-refractivity contribution in [3.63, 3.8) is 0 Å². The lowest BCUT2D eigenvalue weighted by Gasteiger charge is -2.47. The Kier molecular flexibility index (Phi) is 8.95. The van der Waals surface area contributed by atoms with Crippen molar-refractivity contribution in [1.82, 2.24) is 0 Å². The van der Waals surface area contributed by atoms with E-state index in [-0.39, 0.29) is 50.0 Å². The molecule has 2 atom stereocenters. The first-order valence-corrected chi connectivity index (χ1v) is 27.6. The molecular weight excluding hydrogens is 848 g/mol. The molecule has 3 heterocycles. The minimum Gasteiger partial charge on any atom is -0.468 e. The molecule has 2 bridgehead atoms.